The number of rotatable bonds is 5. The van der Waals surface area contributed by atoms with Crippen molar-refractivity contribution < 1.29 is 4.74 Å². The van der Waals surface area contributed by atoms with Crippen molar-refractivity contribution in [3.63, 3.8) is 0 Å². The van der Waals surface area contributed by atoms with Crippen LogP contribution in [0.15, 0.2) is 47.9 Å². The first-order valence-corrected chi connectivity index (χ1v) is 9.96. The molecule has 5 nitrogen and oxygen atoms in total. The molecular formula is C19H19ClN4OS. The fourth-order valence-electron chi connectivity index (χ4n) is 3.05. The Morgan fingerprint density at radius 1 is 1.23 bits per heavy atom. The standard InChI is InChI=1S/C19H19ClN4OS/c1-13-16(20)5-2-6-17(13)24-18(14-7-9-21-10-8-14)22-23-19(24)26-12-15-4-3-11-25-15/h2,5-10,15H,3-4,11-12H2,1H3/t15-/m1/s1. The largest absolute Gasteiger partial charge is 0.377 e. The predicted molar refractivity (Wildman–Crippen MR) is 104 cm³/mol. The molecule has 0 aliphatic carbocycles. The molecule has 0 N–H and O–H groups in total. The molecule has 1 aliphatic rings. The molecule has 0 unspecified atom stereocenters. The Bertz CT molecular complexity index is 894. The summed E-state index contributed by atoms with van der Waals surface area (Å²) in [5, 5.41) is 10.5. The summed E-state index contributed by atoms with van der Waals surface area (Å²) < 4.78 is 7.83. The van der Waals surface area contributed by atoms with E-state index >= 15 is 0 Å². The second kappa shape index (κ2) is 7.78. The lowest BCUT2D eigenvalue weighted by Crippen LogP contribution is -2.09. The number of nitrogens with zero attached hydrogens (tertiary/aromatic N) is 4. The SMILES string of the molecule is Cc1c(Cl)cccc1-n1c(SC[C@H]2CCCO2)nnc1-c1ccncc1. The van der Waals surface area contributed by atoms with E-state index in [2.05, 4.69) is 19.7 Å². The van der Waals surface area contributed by atoms with Gasteiger partial charge in [-0.1, -0.05) is 29.4 Å². The summed E-state index contributed by atoms with van der Waals surface area (Å²) in [5.41, 5.74) is 2.96. The average molecular weight is 387 g/mol. The van der Waals surface area contributed by atoms with Gasteiger partial charge in [0.15, 0.2) is 11.0 Å². The van der Waals surface area contributed by atoms with Crippen LogP contribution in [0.2, 0.25) is 5.02 Å². The van der Waals surface area contributed by atoms with E-state index in [4.69, 9.17) is 16.3 Å². The molecule has 1 aliphatic heterocycles. The highest BCUT2D eigenvalue weighted by Crippen LogP contribution is 2.32. The van der Waals surface area contributed by atoms with Crippen molar-refractivity contribution in [3.05, 3.63) is 53.3 Å². The number of ether oxygens (including phenoxy) is 1. The number of hydrogen-bond acceptors (Lipinski definition) is 5. The van der Waals surface area contributed by atoms with Gasteiger partial charge in [0.25, 0.3) is 0 Å². The van der Waals surface area contributed by atoms with Gasteiger partial charge in [0.2, 0.25) is 0 Å². The van der Waals surface area contributed by atoms with Gasteiger partial charge in [0.05, 0.1) is 11.8 Å². The molecule has 134 valence electrons. The van der Waals surface area contributed by atoms with Crippen LogP contribution in [0, 0.1) is 6.92 Å². The van der Waals surface area contributed by atoms with Gasteiger partial charge in [-0.05, 0) is 49.6 Å². The van der Waals surface area contributed by atoms with Crippen LogP contribution >= 0.6 is 23.4 Å². The molecule has 1 aromatic carbocycles. The van der Waals surface area contributed by atoms with E-state index in [1.165, 1.54) is 0 Å². The molecule has 1 fully saturated rings. The molecular weight excluding hydrogens is 368 g/mol. The van der Waals surface area contributed by atoms with Crippen LogP contribution in [0.25, 0.3) is 17.1 Å². The van der Waals surface area contributed by atoms with Gasteiger partial charge in [-0.3, -0.25) is 9.55 Å². The van der Waals surface area contributed by atoms with Gasteiger partial charge in [0, 0.05) is 35.3 Å². The lowest BCUT2D eigenvalue weighted by Gasteiger charge is -2.14. The molecule has 0 radical (unpaired) electrons. The van der Waals surface area contributed by atoms with E-state index < -0.39 is 0 Å². The van der Waals surface area contributed by atoms with Crippen molar-refractivity contribution >= 4 is 23.4 Å². The number of hydrogen-bond donors (Lipinski definition) is 0. The van der Waals surface area contributed by atoms with Crippen LogP contribution < -0.4 is 0 Å². The third-order valence-corrected chi connectivity index (χ3v) is 5.94. The zero-order valence-corrected chi connectivity index (χ0v) is 16.0. The van der Waals surface area contributed by atoms with E-state index in [1.807, 2.05) is 37.3 Å². The molecule has 26 heavy (non-hydrogen) atoms. The number of benzene rings is 1. The van der Waals surface area contributed by atoms with Crippen LogP contribution in [0.5, 0.6) is 0 Å². The molecule has 0 spiro atoms. The minimum Gasteiger partial charge on any atom is -0.377 e. The normalized spacial score (nSPS) is 16.9. The van der Waals surface area contributed by atoms with E-state index in [9.17, 15) is 0 Å². The Balaban J connectivity index is 1.76. The lowest BCUT2D eigenvalue weighted by molar-refractivity contribution is 0.129. The minimum absolute atomic E-state index is 0.287. The van der Waals surface area contributed by atoms with Crippen LogP contribution in [-0.2, 0) is 4.74 Å². The second-order valence-electron chi connectivity index (χ2n) is 6.21. The van der Waals surface area contributed by atoms with Gasteiger partial charge in [0.1, 0.15) is 0 Å². The van der Waals surface area contributed by atoms with Gasteiger partial charge in [-0.25, -0.2) is 0 Å². The maximum absolute atomic E-state index is 6.37. The molecule has 4 rings (SSSR count). The van der Waals surface area contributed by atoms with Gasteiger partial charge >= 0.3 is 0 Å². The molecule has 2 aromatic heterocycles. The first-order valence-electron chi connectivity index (χ1n) is 8.60. The molecule has 1 atom stereocenters. The monoisotopic (exact) mass is 386 g/mol. The quantitative estimate of drug-likeness (QED) is 0.601. The summed E-state index contributed by atoms with van der Waals surface area (Å²) >= 11 is 8.05. The highest BCUT2D eigenvalue weighted by molar-refractivity contribution is 7.99. The summed E-state index contributed by atoms with van der Waals surface area (Å²) in [6.45, 7) is 2.87. The van der Waals surface area contributed by atoms with Crippen LogP contribution in [0.1, 0.15) is 18.4 Å². The molecule has 3 aromatic rings. The maximum atomic E-state index is 6.37. The van der Waals surface area contributed by atoms with Crippen molar-refractivity contribution in [2.75, 3.05) is 12.4 Å². The Labute approximate surface area is 161 Å². The predicted octanol–water partition coefficient (Wildman–Crippen LogP) is 4.56. The second-order valence-corrected chi connectivity index (χ2v) is 7.60. The van der Waals surface area contributed by atoms with Crippen molar-refractivity contribution in [2.24, 2.45) is 0 Å². The minimum atomic E-state index is 0.287. The fourth-order valence-corrected chi connectivity index (χ4v) is 4.23. The van der Waals surface area contributed by atoms with Gasteiger partial charge < -0.3 is 4.74 Å². The summed E-state index contributed by atoms with van der Waals surface area (Å²) in [6.07, 6.45) is 6.05. The summed E-state index contributed by atoms with van der Waals surface area (Å²) in [6, 6.07) is 9.78. The number of halogens is 1. The van der Waals surface area contributed by atoms with Crippen LogP contribution in [-0.4, -0.2) is 38.2 Å². The average Bonchev–Trinajstić information content (AvgIpc) is 3.32. The smallest absolute Gasteiger partial charge is 0.196 e. The summed E-state index contributed by atoms with van der Waals surface area (Å²) in [7, 11) is 0. The van der Waals surface area contributed by atoms with Crippen molar-refractivity contribution in [3.8, 4) is 17.1 Å². The van der Waals surface area contributed by atoms with E-state index in [-0.39, 0.29) is 6.10 Å². The fraction of sp³-hybridized carbons (Fsp3) is 0.316. The first kappa shape index (κ1) is 17.5. The Morgan fingerprint density at radius 2 is 2.08 bits per heavy atom. The van der Waals surface area contributed by atoms with E-state index in [1.54, 1.807) is 24.2 Å². The Morgan fingerprint density at radius 3 is 2.85 bits per heavy atom. The maximum Gasteiger partial charge on any atom is 0.196 e. The summed E-state index contributed by atoms with van der Waals surface area (Å²) in [5.74, 6) is 1.65. The third-order valence-electron chi connectivity index (χ3n) is 4.47. The lowest BCUT2D eigenvalue weighted by atomic mass is 10.2. The van der Waals surface area contributed by atoms with Gasteiger partial charge in [-0.15, -0.1) is 10.2 Å². The van der Waals surface area contributed by atoms with Gasteiger partial charge in [-0.2, -0.15) is 0 Å². The molecule has 3 heterocycles. The van der Waals surface area contributed by atoms with E-state index in [0.717, 1.165) is 58.0 Å². The molecule has 0 bridgehead atoms. The molecule has 7 heteroatoms. The third kappa shape index (κ3) is 3.49. The first-order chi connectivity index (χ1) is 12.7. The number of pyridine rings is 1. The van der Waals surface area contributed by atoms with Crippen molar-refractivity contribution in [2.45, 2.75) is 31.0 Å². The molecule has 0 amide bonds. The van der Waals surface area contributed by atoms with E-state index in [0.29, 0.717) is 0 Å². The van der Waals surface area contributed by atoms with Crippen molar-refractivity contribution in [1.29, 1.82) is 0 Å². The zero-order chi connectivity index (χ0) is 17.9. The molecule has 0 saturated carbocycles. The highest BCUT2D eigenvalue weighted by atomic mass is 35.5. The van der Waals surface area contributed by atoms with Crippen LogP contribution in [0.3, 0.4) is 0 Å². The zero-order valence-electron chi connectivity index (χ0n) is 14.4. The van der Waals surface area contributed by atoms with Crippen molar-refractivity contribution in [1.82, 2.24) is 19.7 Å². The Hall–Kier alpha value is -1.89. The Kier molecular flexibility index (Phi) is 5.24. The highest BCUT2D eigenvalue weighted by Gasteiger charge is 2.21. The molecule has 1 saturated heterocycles. The number of aromatic nitrogens is 4. The number of thioether (sulfide) groups is 1. The van der Waals surface area contributed by atoms with Crippen LogP contribution in [0.4, 0.5) is 0 Å². The topological polar surface area (TPSA) is 52.8 Å². The summed E-state index contributed by atoms with van der Waals surface area (Å²) in [4.78, 5) is 4.10.